The van der Waals surface area contributed by atoms with E-state index < -0.39 is 5.97 Å². The molecule has 0 bridgehead atoms. The average Bonchev–Trinajstić information content (AvgIpc) is 3.40. The molecule has 0 unspecified atom stereocenters. The topological polar surface area (TPSA) is 94.3 Å². The molecule has 0 aliphatic rings. The van der Waals surface area contributed by atoms with Gasteiger partial charge in [-0.2, -0.15) is 0 Å². The second kappa shape index (κ2) is 8.46. The van der Waals surface area contributed by atoms with Crippen molar-refractivity contribution in [3.63, 3.8) is 0 Å². The van der Waals surface area contributed by atoms with Crippen LogP contribution in [0.3, 0.4) is 0 Å². The van der Waals surface area contributed by atoms with Crippen molar-refractivity contribution in [2.45, 2.75) is 20.4 Å². The lowest BCUT2D eigenvalue weighted by atomic mass is 10.0. The summed E-state index contributed by atoms with van der Waals surface area (Å²) in [6.45, 7) is 3.74. The number of rotatable bonds is 6. The van der Waals surface area contributed by atoms with Crippen LogP contribution in [-0.4, -0.2) is 28.6 Å². The number of esters is 1. The number of nitrogens with zero attached hydrogens (tertiary/aromatic N) is 2. The molecular formula is C22H19N3O4S. The predicted octanol–water partition coefficient (Wildman–Crippen LogP) is 4.04. The molecule has 7 nitrogen and oxygen atoms in total. The summed E-state index contributed by atoms with van der Waals surface area (Å²) < 4.78 is 10.5. The quantitative estimate of drug-likeness (QED) is 0.472. The van der Waals surface area contributed by atoms with Crippen molar-refractivity contribution in [3.05, 3.63) is 69.5 Å². The third kappa shape index (κ3) is 4.23. The van der Waals surface area contributed by atoms with E-state index in [0.29, 0.717) is 23.3 Å². The van der Waals surface area contributed by atoms with Gasteiger partial charge in [0, 0.05) is 10.4 Å². The van der Waals surface area contributed by atoms with Gasteiger partial charge in [-0.1, -0.05) is 41.1 Å². The summed E-state index contributed by atoms with van der Waals surface area (Å²) in [5.41, 5.74) is 3.55. The lowest BCUT2D eigenvalue weighted by Gasteiger charge is -2.08. The van der Waals surface area contributed by atoms with Gasteiger partial charge in [-0.15, -0.1) is 11.3 Å². The molecule has 0 spiro atoms. The highest BCUT2D eigenvalue weighted by Crippen LogP contribution is 2.27. The van der Waals surface area contributed by atoms with Gasteiger partial charge >= 0.3 is 5.97 Å². The molecule has 0 aliphatic carbocycles. The Hall–Kier alpha value is -3.52. The number of carbonyl (C=O) groups excluding carboxylic acids is 2. The summed E-state index contributed by atoms with van der Waals surface area (Å²) in [5, 5.41) is 9.06. The van der Waals surface area contributed by atoms with Gasteiger partial charge in [0.05, 0.1) is 28.9 Å². The number of carbonyl (C=O) groups is 2. The van der Waals surface area contributed by atoms with Gasteiger partial charge in [0.25, 0.3) is 11.6 Å². The molecule has 0 aliphatic heterocycles. The van der Waals surface area contributed by atoms with E-state index in [0.717, 1.165) is 16.0 Å². The Kier molecular flexibility index (Phi) is 5.58. The largest absolute Gasteiger partial charge is 0.452 e. The number of benzene rings is 1. The lowest BCUT2D eigenvalue weighted by molar-refractivity contribution is -0.124. The van der Waals surface area contributed by atoms with Gasteiger partial charge in [-0.05, 0) is 31.4 Å². The van der Waals surface area contributed by atoms with Crippen LogP contribution in [0.5, 0.6) is 0 Å². The standard InChI is InChI=1S/C22H19N3O4S/c1-13-5-7-15(8-6-13)18-10-17(20-14(2)25-29-21(20)24-18)22(27)28-12-19(26)23-11-16-4-3-9-30-16/h3-10H,11-12H2,1-2H3,(H,23,26). The van der Waals surface area contributed by atoms with Crippen LogP contribution in [0, 0.1) is 13.8 Å². The van der Waals surface area contributed by atoms with Crippen molar-refractivity contribution < 1.29 is 18.8 Å². The number of fused-ring (bicyclic) bond motifs is 1. The van der Waals surface area contributed by atoms with Crippen molar-refractivity contribution in [2.24, 2.45) is 0 Å². The molecule has 4 rings (SSSR count). The molecule has 1 aromatic carbocycles. The maximum absolute atomic E-state index is 12.8. The van der Waals surface area contributed by atoms with Crippen LogP contribution >= 0.6 is 11.3 Å². The summed E-state index contributed by atoms with van der Waals surface area (Å²) in [4.78, 5) is 30.3. The Balaban J connectivity index is 1.54. The Bertz CT molecular complexity index is 1200. The molecule has 0 radical (unpaired) electrons. The van der Waals surface area contributed by atoms with Gasteiger partial charge in [-0.3, -0.25) is 4.79 Å². The maximum atomic E-state index is 12.8. The van der Waals surface area contributed by atoms with Crippen LogP contribution in [0.25, 0.3) is 22.4 Å². The zero-order valence-electron chi connectivity index (χ0n) is 16.5. The Morgan fingerprint density at radius 1 is 1.17 bits per heavy atom. The van der Waals surface area contributed by atoms with E-state index in [2.05, 4.69) is 15.5 Å². The van der Waals surface area contributed by atoms with E-state index in [4.69, 9.17) is 9.26 Å². The number of aryl methyl sites for hydroxylation is 2. The van der Waals surface area contributed by atoms with Crippen molar-refractivity contribution in [1.29, 1.82) is 0 Å². The fourth-order valence-electron chi connectivity index (χ4n) is 2.99. The number of hydrogen-bond acceptors (Lipinski definition) is 7. The zero-order chi connectivity index (χ0) is 21.1. The highest BCUT2D eigenvalue weighted by atomic mass is 32.1. The summed E-state index contributed by atoms with van der Waals surface area (Å²) >= 11 is 1.54. The first-order valence-corrected chi connectivity index (χ1v) is 10.2. The van der Waals surface area contributed by atoms with Crippen molar-refractivity contribution in [3.8, 4) is 11.3 Å². The third-order valence-corrected chi connectivity index (χ3v) is 5.43. The summed E-state index contributed by atoms with van der Waals surface area (Å²) in [6, 6.07) is 13.2. The van der Waals surface area contributed by atoms with Crippen LogP contribution in [0.2, 0.25) is 0 Å². The number of amides is 1. The first-order chi connectivity index (χ1) is 14.5. The second-order valence-corrected chi connectivity index (χ2v) is 7.83. The van der Waals surface area contributed by atoms with Gasteiger partial charge in [0.15, 0.2) is 6.61 Å². The van der Waals surface area contributed by atoms with Crippen molar-refractivity contribution >= 4 is 34.3 Å². The number of ether oxygens (including phenoxy) is 1. The minimum Gasteiger partial charge on any atom is -0.452 e. The molecular weight excluding hydrogens is 402 g/mol. The molecule has 8 heteroatoms. The monoisotopic (exact) mass is 421 g/mol. The molecule has 1 amide bonds. The summed E-state index contributed by atoms with van der Waals surface area (Å²) in [7, 11) is 0. The Morgan fingerprint density at radius 2 is 1.97 bits per heavy atom. The van der Waals surface area contributed by atoms with E-state index >= 15 is 0 Å². The van der Waals surface area contributed by atoms with Gasteiger partial charge < -0.3 is 14.6 Å². The van der Waals surface area contributed by atoms with Gasteiger partial charge in [0.2, 0.25) is 0 Å². The highest BCUT2D eigenvalue weighted by molar-refractivity contribution is 7.09. The molecule has 0 atom stereocenters. The number of pyridine rings is 1. The SMILES string of the molecule is Cc1ccc(-c2cc(C(=O)OCC(=O)NCc3cccs3)c3c(C)noc3n2)cc1. The number of aromatic nitrogens is 2. The molecule has 1 N–H and O–H groups in total. The molecule has 4 aromatic rings. The van der Waals surface area contributed by atoms with E-state index in [1.807, 2.05) is 48.7 Å². The predicted molar refractivity (Wildman–Crippen MR) is 113 cm³/mol. The van der Waals surface area contributed by atoms with Crippen LogP contribution < -0.4 is 5.32 Å². The first kappa shape index (κ1) is 19.8. The van der Waals surface area contributed by atoms with E-state index in [9.17, 15) is 9.59 Å². The van der Waals surface area contributed by atoms with Crippen LogP contribution in [0.4, 0.5) is 0 Å². The Morgan fingerprint density at radius 3 is 2.70 bits per heavy atom. The smallest absolute Gasteiger partial charge is 0.339 e. The molecule has 3 aromatic heterocycles. The fourth-order valence-corrected chi connectivity index (χ4v) is 3.63. The molecule has 0 saturated heterocycles. The minimum absolute atomic E-state index is 0.250. The van der Waals surface area contributed by atoms with Crippen molar-refractivity contribution in [1.82, 2.24) is 15.5 Å². The third-order valence-electron chi connectivity index (χ3n) is 4.56. The highest BCUT2D eigenvalue weighted by Gasteiger charge is 2.21. The second-order valence-electron chi connectivity index (χ2n) is 6.80. The number of hydrogen-bond donors (Lipinski definition) is 1. The molecule has 30 heavy (non-hydrogen) atoms. The van der Waals surface area contributed by atoms with Crippen molar-refractivity contribution in [2.75, 3.05) is 6.61 Å². The summed E-state index contributed by atoms with van der Waals surface area (Å²) in [5.74, 6) is -1.00. The summed E-state index contributed by atoms with van der Waals surface area (Å²) in [6.07, 6.45) is 0. The Labute approximate surface area is 176 Å². The van der Waals surface area contributed by atoms with E-state index in [1.165, 1.54) is 0 Å². The fraction of sp³-hybridized carbons (Fsp3) is 0.182. The lowest BCUT2D eigenvalue weighted by Crippen LogP contribution is -2.28. The van der Waals surface area contributed by atoms with Crippen LogP contribution in [0.1, 0.15) is 26.5 Å². The van der Waals surface area contributed by atoms with Crippen LogP contribution in [0.15, 0.2) is 52.4 Å². The number of nitrogens with one attached hydrogen (secondary N) is 1. The van der Waals surface area contributed by atoms with Gasteiger partial charge in [0.1, 0.15) is 0 Å². The molecule has 0 fully saturated rings. The normalized spacial score (nSPS) is 10.9. The zero-order valence-corrected chi connectivity index (χ0v) is 17.3. The molecule has 152 valence electrons. The average molecular weight is 421 g/mol. The minimum atomic E-state index is -0.631. The van der Waals surface area contributed by atoms with Crippen LogP contribution in [-0.2, 0) is 16.1 Å². The molecule has 0 saturated carbocycles. The van der Waals surface area contributed by atoms with E-state index in [1.54, 1.807) is 24.3 Å². The molecule has 3 heterocycles. The maximum Gasteiger partial charge on any atom is 0.339 e. The van der Waals surface area contributed by atoms with E-state index in [-0.39, 0.29) is 23.8 Å². The first-order valence-electron chi connectivity index (χ1n) is 9.31. The number of thiophene rings is 1. The van der Waals surface area contributed by atoms with Gasteiger partial charge in [-0.25, -0.2) is 9.78 Å².